The van der Waals surface area contributed by atoms with Gasteiger partial charge in [-0.05, 0) is 25.7 Å². The number of methoxy groups -OCH3 is 3. The number of hydrogen-bond acceptors (Lipinski definition) is 6. The van der Waals surface area contributed by atoms with Crippen LogP contribution in [-0.4, -0.2) is 56.2 Å². The second-order valence-corrected chi connectivity index (χ2v) is 6.76. The van der Waals surface area contributed by atoms with Gasteiger partial charge in [0.25, 0.3) is 5.91 Å². The van der Waals surface area contributed by atoms with Gasteiger partial charge < -0.3 is 24.8 Å². The number of hydrogen-bond donors (Lipinski definition) is 2. The van der Waals surface area contributed by atoms with Crippen molar-refractivity contribution in [3.63, 3.8) is 0 Å². The van der Waals surface area contributed by atoms with Crippen molar-refractivity contribution in [2.24, 2.45) is 5.92 Å². The normalized spacial score (nSPS) is 21.7. The molecule has 9 heteroatoms. The van der Waals surface area contributed by atoms with E-state index in [2.05, 4.69) is 10.6 Å². The average molecular weight is 377 g/mol. The lowest BCUT2D eigenvalue weighted by atomic mass is 9.96. The summed E-state index contributed by atoms with van der Waals surface area (Å²) in [5, 5.41) is 5.37. The Labute approximate surface area is 156 Å². The molecular formula is C18H23N3O6. The first-order valence-corrected chi connectivity index (χ1v) is 8.58. The summed E-state index contributed by atoms with van der Waals surface area (Å²) < 4.78 is 15.7. The van der Waals surface area contributed by atoms with Gasteiger partial charge in [-0.3, -0.25) is 14.5 Å². The highest BCUT2D eigenvalue weighted by Gasteiger charge is 2.56. The van der Waals surface area contributed by atoms with Crippen molar-refractivity contribution >= 4 is 23.5 Å². The van der Waals surface area contributed by atoms with Gasteiger partial charge in [0.2, 0.25) is 11.7 Å². The van der Waals surface area contributed by atoms with Crippen LogP contribution in [0.25, 0.3) is 0 Å². The number of imide groups is 1. The Bertz CT molecular complexity index is 766. The second kappa shape index (κ2) is 6.98. The molecule has 0 radical (unpaired) electrons. The molecule has 2 aliphatic rings. The third-order valence-electron chi connectivity index (χ3n) is 4.95. The van der Waals surface area contributed by atoms with Gasteiger partial charge >= 0.3 is 6.03 Å². The fraction of sp³-hybridized carbons (Fsp3) is 0.500. The largest absolute Gasteiger partial charge is 0.493 e. The lowest BCUT2D eigenvalue weighted by molar-refractivity contribution is -0.134. The van der Waals surface area contributed by atoms with E-state index < -0.39 is 17.5 Å². The molecule has 2 fully saturated rings. The van der Waals surface area contributed by atoms with Crippen molar-refractivity contribution in [2.75, 3.05) is 33.2 Å². The smallest absolute Gasteiger partial charge is 0.325 e. The van der Waals surface area contributed by atoms with Crippen LogP contribution in [0.5, 0.6) is 17.2 Å². The minimum absolute atomic E-state index is 0.136. The molecule has 0 aromatic heterocycles. The quantitative estimate of drug-likeness (QED) is 0.695. The standard InChI is InChI=1S/C18H23N3O6/c1-18(10-5-6-10)16(23)21(17(24)20-18)9-14(22)19-11-7-12(25-2)15(27-4)13(8-11)26-3/h7-8,10H,5-6,9H2,1-4H3,(H,19,22)(H,20,24). The van der Waals surface area contributed by atoms with Gasteiger partial charge in [0, 0.05) is 17.8 Å². The molecule has 9 nitrogen and oxygen atoms in total. The molecule has 146 valence electrons. The molecule has 1 heterocycles. The number of amides is 4. The van der Waals surface area contributed by atoms with Crippen LogP contribution in [0, 0.1) is 5.92 Å². The number of carbonyl (C=O) groups is 3. The molecule has 1 atom stereocenters. The number of urea groups is 1. The van der Waals surface area contributed by atoms with Crippen LogP contribution in [0.2, 0.25) is 0 Å². The van der Waals surface area contributed by atoms with E-state index in [4.69, 9.17) is 14.2 Å². The molecule has 1 aliphatic heterocycles. The minimum Gasteiger partial charge on any atom is -0.493 e. The molecule has 1 aliphatic carbocycles. The predicted molar refractivity (Wildman–Crippen MR) is 96.1 cm³/mol. The summed E-state index contributed by atoms with van der Waals surface area (Å²) >= 11 is 0. The highest BCUT2D eigenvalue weighted by molar-refractivity contribution is 6.10. The maximum absolute atomic E-state index is 12.6. The third kappa shape index (κ3) is 3.36. The van der Waals surface area contributed by atoms with Crippen molar-refractivity contribution < 1.29 is 28.6 Å². The summed E-state index contributed by atoms with van der Waals surface area (Å²) in [6.45, 7) is 1.34. The fourth-order valence-electron chi connectivity index (χ4n) is 3.29. The number of benzene rings is 1. The Balaban J connectivity index is 1.73. The van der Waals surface area contributed by atoms with Gasteiger partial charge in [0.15, 0.2) is 11.5 Å². The van der Waals surface area contributed by atoms with Gasteiger partial charge in [-0.2, -0.15) is 0 Å². The molecule has 1 unspecified atom stereocenters. The lowest BCUT2D eigenvalue weighted by Crippen LogP contribution is -2.46. The van der Waals surface area contributed by atoms with Crippen LogP contribution < -0.4 is 24.8 Å². The Morgan fingerprint density at radius 2 is 1.78 bits per heavy atom. The van der Waals surface area contributed by atoms with Crippen molar-refractivity contribution in [1.29, 1.82) is 0 Å². The van der Waals surface area contributed by atoms with Crippen LogP contribution in [0.15, 0.2) is 12.1 Å². The first-order valence-electron chi connectivity index (χ1n) is 8.58. The van der Waals surface area contributed by atoms with Gasteiger partial charge in [-0.25, -0.2) is 4.79 Å². The fourth-order valence-corrected chi connectivity index (χ4v) is 3.29. The number of carbonyl (C=O) groups excluding carboxylic acids is 3. The Morgan fingerprint density at radius 1 is 1.19 bits per heavy atom. The Hall–Kier alpha value is -2.97. The monoisotopic (exact) mass is 377 g/mol. The number of rotatable bonds is 7. The Kier molecular flexibility index (Phi) is 4.86. The lowest BCUT2D eigenvalue weighted by Gasteiger charge is -2.20. The predicted octanol–water partition coefficient (Wildman–Crippen LogP) is 1.37. The van der Waals surface area contributed by atoms with Crippen LogP contribution in [0.3, 0.4) is 0 Å². The molecule has 0 bridgehead atoms. The highest BCUT2D eigenvalue weighted by atomic mass is 16.5. The Morgan fingerprint density at radius 3 is 2.26 bits per heavy atom. The summed E-state index contributed by atoms with van der Waals surface area (Å²) in [5.74, 6) is 0.416. The summed E-state index contributed by atoms with van der Waals surface area (Å²) in [5.41, 5.74) is -0.518. The molecule has 2 N–H and O–H groups in total. The van der Waals surface area contributed by atoms with Crippen LogP contribution >= 0.6 is 0 Å². The van der Waals surface area contributed by atoms with Gasteiger partial charge in [0.05, 0.1) is 21.3 Å². The van der Waals surface area contributed by atoms with E-state index in [1.54, 1.807) is 19.1 Å². The minimum atomic E-state index is -0.913. The third-order valence-corrected chi connectivity index (χ3v) is 4.95. The summed E-state index contributed by atoms with van der Waals surface area (Å²) in [6, 6.07) is 2.59. The van der Waals surface area contributed by atoms with Crippen molar-refractivity contribution in [3.05, 3.63) is 12.1 Å². The first-order chi connectivity index (χ1) is 12.8. The molecule has 1 aromatic rings. The number of ether oxygens (including phenoxy) is 3. The molecule has 3 rings (SSSR count). The maximum Gasteiger partial charge on any atom is 0.325 e. The van der Waals surface area contributed by atoms with Gasteiger partial charge in [-0.15, -0.1) is 0 Å². The zero-order valence-electron chi connectivity index (χ0n) is 15.8. The zero-order valence-corrected chi connectivity index (χ0v) is 15.8. The van der Waals surface area contributed by atoms with Crippen LogP contribution in [0.4, 0.5) is 10.5 Å². The molecule has 27 heavy (non-hydrogen) atoms. The van der Waals surface area contributed by atoms with E-state index in [1.807, 2.05) is 0 Å². The molecule has 1 saturated carbocycles. The van der Waals surface area contributed by atoms with Crippen molar-refractivity contribution in [1.82, 2.24) is 10.2 Å². The van der Waals surface area contributed by atoms with E-state index in [0.29, 0.717) is 22.9 Å². The SMILES string of the molecule is COc1cc(NC(=O)CN2C(=O)NC(C)(C3CC3)C2=O)cc(OC)c1OC. The average Bonchev–Trinajstić information content (AvgIpc) is 3.47. The van der Waals surface area contributed by atoms with E-state index in [-0.39, 0.29) is 18.4 Å². The molecular weight excluding hydrogens is 354 g/mol. The van der Waals surface area contributed by atoms with E-state index in [9.17, 15) is 14.4 Å². The van der Waals surface area contributed by atoms with E-state index in [1.165, 1.54) is 21.3 Å². The van der Waals surface area contributed by atoms with Gasteiger partial charge in [-0.1, -0.05) is 0 Å². The summed E-state index contributed by atoms with van der Waals surface area (Å²) in [4.78, 5) is 38.1. The molecule has 1 aromatic carbocycles. The highest BCUT2D eigenvalue weighted by Crippen LogP contribution is 2.43. The van der Waals surface area contributed by atoms with Crippen LogP contribution in [0.1, 0.15) is 19.8 Å². The summed E-state index contributed by atoms with van der Waals surface area (Å²) in [6.07, 6.45) is 1.79. The number of nitrogens with zero attached hydrogens (tertiary/aromatic N) is 1. The maximum atomic E-state index is 12.6. The zero-order chi connectivity index (χ0) is 19.8. The van der Waals surface area contributed by atoms with Crippen molar-refractivity contribution in [3.8, 4) is 17.2 Å². The topological polar surface area (TPSA) is 106 Å². The van der Waals surface area contributed by atoms with Crippen LogP contribution in [-0.2, 0) is 9.59 Å². The number of anilines is 1. The van der Waals surface area contributed by atoms with E-state index in [0.717, 1.165) is 17.7 Å². The first kappa shape index (κ1) is 18.8. The summed E-state index contributed by atoms with van der Waals surface area (Å²) in [7, 11) is 4.41. The van der Waals surface area contributed by atoms with Crippen molar-refractivity contribution in [2.45, 2.75) is 25.3 Å². The molecule has 4 amide bonds. The molecule has 0 spiro atoms. The number of nitrogens with one attached hydrogen (secondary N) is 2. The second-order valence-electron chi connectivity index (χ2n) is 6.76. The molecule has 1 saturated heterocycles. The van der Waals surface area contributed by atoms with E-state index >= 15 is 0 Å². The van der Waals surface area contributed by atoms with Gasteiger partial charge in [0.1, 0.15) is 12.1 Å².